The van der Waals surface area contributed by atoms with Gasteiger partial charge in [-0.15, -0.1) is 0 Å². The summed E-state index contributed by atoms with van der Waals surface area (Å²) in [4.78, 5) is 25.5. The number of nitrogens with zero attached hydrogens (tertiary/aromatic N) is 2. The van der Waals surface area contributed by atoms with Crippen LogP contribution in [0.15, 0.2) is 48.5 Å². The fourth-order valence-electron chi connectivity index (χ4n) is 2.43. The van der Waals surface area contributed by atoms with Crippen LogP contribution < -0.4 is 10.1 Å². The average Bonchev–Trinajstić information content (AvgIpc) is 2.60. The normalized spacial score (nSPS) is 10.4. The van der Waals surface area contributed by atoms with Gasteiger partial charge in [-0.2, -0.15) is 0 Å². The number of aromatic nitrogens is 1. The number of rotatable bonds is 5. The Morgan fingerprint density at radius 3 is 2.71 bits per heavy atom. The zero-order valence-electron chi connectivity index (χ0n) is 12.7. The lowest BCUT2D eigenvalue weighted by atomic mass is 10.1. The number of nitro groups is 1. The van der Waals surface area contributed by atoms with Crippen LogP contribution >= 0.6 is 0 Å². The summed E-state index contributed by atoms with van der Waals surface area (Å²) in [7, 11) is 1.39. The third-order valence-electron chi connectivity index (χ3n) is 3.59. The van der Waals surface area contributed by atoms with Gasteiger partial charge < -0.3 is 10.1 Å². The van der Waals surface area contributed by atoms with E-state index in [4.69, 9.17) is 4.74 Å². The molecule has 2 aromatic carbocycles. The van der Waals surface area contributed by atoms with Crippen molar-refractivity contribution in [3.05, 3.63) is 58.6 Å². The number of nitrogens with one attached hydrogen (secondary N) is 1. The van der Waals surface area contributed by atoms with Crippen molar-refractivity contribution in [1.29, 1.82) is 0 Å². The summed E-state index contributed by atoms with van der Waals surface area (Å²) in [6, 6.07) is 13.7. The van der Waals surface area contributed by atoms with Gasteiger partial charge >= 0.3 is 5.69 Å². The van der Waals surface area contributed by atoms with E-state index < -0.39 is 4.92 Å². The fourth-order valence-corrected chi connectivity index (χ4v) is 2.43. The van der Waals surface area contributed by atoms with Crippen molar-refractivity contribution in [1.82, 2.24) is 4.98 Å². The lowest BCUT2D eigenvalue weighted by Gasteiger charge is -2.07. The van der Waals surface area contributed by atoms with Crippen LogP contribution in [0.25, 0.3) is 22.2 Å². The molecule has 0 spiro atoms. The van der Waals surface area contributed by atoms with Gasteiger partial charge in [-0.25, -0.2) is 4.98 Å². The molecule has 0 aliphatic carbocycles. The van der Waals surface area contributed by atoms with E-state index in [-0.39, 0.29) is 11.4 Å². The SMILES string of the molecule is COc1cc(-c2ccc3cc(NC=O)ccc3n2)ccc1[N+](=O)[O-]. The highest BCUT2D eigenvalue weighted by molar-refractivity contribution is 5.87. The Bertz CT molecular complexity index is 940. The Hall–Kier alpha value is -3.48. The lowest BCUT2D eigenvalue weighted by molar-refractivity contribution is -0.385. The van der Waals surface area contributed by atoms with Crippen LogP contribution in [-0.4, -0.2) is 23.4 Å². The fraction of sp³-hybridized carbons (Fsp3) is 0.0588. The molecule has 0 saturated carbocycles. The molecular weight excluding hydrogens is 310 g/mol. The molecule has 1 N–H and O–H groups in total. The molecule has 0 aliphatic rings. The number of fused-ring (bicyclic) bond motifs is 1. The zero-order valence-corrected chi connectivity index (χ0v) is 12.7. The summed E-state index contributed by atoms with van der Waals surface area (Å²) in [6.45, 7) is 0. The van der Waals surface area contributed by atoms with Gasteiger partial charge in [0.25, 0.3) is 0 Å². The number of carbonyl (C=O) groups excluding carboxylic acids is 1. The largest absolute Gasteiger partial charge is 0.490 e. The first-order valence-corrected chi connectivity index (χ1v) is 7.06. The van der Waals surface area contributed by atoms with Crippen LogP contribution in [0.4, 0.5) is 11.4 Å². The van der Waals surface area contributed by atoms with Crippen molar-refractivity contribution in [3.63, 3.8) is 0 Å². The van der Waals surface area contributed by atoms with Crippen LogP contribution in [0.5, 0.6) is 5.75 Å². The van der Waals surface area contributed by atoms with E-state index in [0.717, 1.165) is 16.5 Å². The third kappa shape index (κ3) is 2.87. The molecule has 1 amide bonds. The second-order valence-corrected chi connectivity index (χ2v) is 5.01. The molecule has 3 aromatic rings. The molecule has 24 heavy (non-hydrogen) atoms. The molecule has 7 nitrogen and oxygen atoms in total. The topological polar surface area (TPSA) is 94.4 Å². The van der Waals surface area contributed by atoms with Gasteiger partial charge in [-0.1, -0.05) is 6.07 Å². The van der Waals surface area contributed by atoms with E-state index in [0.29, 0.717) is 17.8 Å². The Morgan fingerprint density at radius 1 is 1.17 bits per heavy atom. The lowest BCUT2D eigenvalue weighted by Crippen LogP contribution is -1.95. The second kappa shape index (κ2) is 6.33. The third-order valence-corrected chi connectivity index (χ3v) is 3.59. The van der Waals surface area contributed by atoms with E-state index >= 15 is 0 Å². The zero-order chi connectivity index (χ0) is 17.1. The number of nitro benzene ring substituents is 1. The van der Waals surface area contributed by atoms with Gasteiger partial charge in [-0.05, 0) is 36.4 Å². The molecule has 0 radical (unpaired) electrons. The molecule has 0 bridgehead atoms. The molecule has 0 saturated heterocycles. The highest BCUT2D eigenvalue weighted by Gasteiger charge is 2.15. The van der Waals surface area contributed by atoms with Crippen molar-refractivity contribution >= 4 is 28.7 Å². The number of ether oxygens (including phenoxy) is 1. The van der Waals surface area contributed by atoms with Crippen LogP contribution in [0, 0.1) is 10.1 Å². The summed E-state index contributed by atoms with van der Waals surface area (Å²) in [5.41, 5.74) is 2.73. The maximum Gasteiger partial charge on any atom is 0.310 e. The van der Waals surface area contributed by atoms with Crippen molar-refractivity contribution < 1.29 is 14.5 Å². The first-order chi connectivity index (χ1) is 11.6. The molecule has 7 heteroatoms. The number of hydrogen-bond acceptors (Lipinski definition) is 5. The van der Waals surface area contributed by atoms with E-state index in [2.05, 4.69) is 10.3 Å². The van der Waals surface area contributed by atoms with Gasteiger partial charge in [-0.3, -0.25) is 14.9 Å². The quantitative estimate of drug-likeness (QED) is 0.441. The van der Waals surface area contributed by atoms with Gasteiger partial charge in [0.15, 0.2) is 5.75 Å². The molecule has 120 valence electrons. The molecule has 1 heterocycles. The first kappa shape index (κ1) is 15.4. The van der Waals surface area contributed by atoms with Gasteiger partial charge in [0.1, 0.15) is 0 Å². The minimum atomic E-state index is -0.488. The monoisotopic (exact) mass is 323 g/mol. The van der Waals surface area contributed by atoms with Gasteiger partial charge in [0, 0.05) is 22.7 Å². The summed E-state index contributed by atoms with van der Waals surface area (Å²) in [5.74, 6) is 0.185. The van der Waals surface area contributed by atoms with Crippen LogP contribution in [-0.2, 0) is 4.79 Å². The van der Waals surface area contributed by atoms with Crippen molar-refractivity contribution in [2.75, 3.05) is 12.4 Å². The number of anilines is 1. The number of pyridine rings is 1. The molecule has 0 aliphatic heterocycles. The molecule has 0 fully saturated rings. The Kier molecular flexibility index (Phi) is 4.07. The van der Waals surface area contributed by atoms with Crippen LogP contribution in [0.1, 0.15) is 0 Å². The molecule has 3 rings (SSSR count). The van der Waals surface area contributed by atoms with Crippen molar-refractivity contribution in [3.8, 4) is 17.0 Å². The maximum atomic E-state index is 11.0. The number of methoxy groups -OCH3 is 1. The number of carbonyl (C=O) groups is 1. The highest BCUT2D eigenvalue weighted by atomic mass is 16.6. The van der Waals surface area contributed by atoms with E-state index in [1.54, 1.807) is 24.3 Å². The van der Waals surface area contributed by atoms with Crippen LogP contribution in [0.2, 0.25) is 0 Å². The van der Waals surface area contributed by atoms with E-state index in [1.165, 1.54) is 13.2 Å². The van der Waals surface area contributed by atoms with Crippen molar-refractivity contribution in [2.24, 2.45) is 0 Å². The van der Waals surface area contributed by atoms with E-state index in [1.807, 2.05) is 18.2 Å². The predicted octanol–water partition coefficient (Wildman–Crippen LogP) is 3.39. The summed E-state index contributed by atoms with van der Waals surface area (Å²) >= 11 is 0. The summed E-state index contributed by atoms with van der Waals surface area (Å²) in [5, 5.41) is 14.4. The minimum absolute atomic E-state index is 0.0911. The highest BCUT2D eigenvalue weighted by Crippen LogP contribution is 2.32. The predicted molar refractivity (Wildman–Crippen MR) is 90.1 cm³/mol. The van der Waals surface area contributed by atoms with Gasteiger partial charge in [0.2, 0.25) is 6.41 Å². The summed E-state index contributed by atoms with van der Waals surface area (Å²) < 4.78 is 5.09. The van der Waals surface area contributed by atoms with E-state index in [9.17, 15) is 14.9 Å². The first-order valence-electron chi connectivity index (χ1n) is 7.06. The number of benzene rings is 2. The molecule has 0 unspecified atom stereocenters. The number of hydrogen-bond donors (Lipinski definition) is 1. The Labute approximate surface area is 137 Å². The second-order valence-electron chi connectivity index (χ2n) is 5.01. The Morgan fingerprint density at radius 2 is 2.00 bits per heavy atom. The smallest absolute Gasteiger partial charge is 0.310 e. The minimum Gasteiger partial charge on any atom is -0.490 e. The van der Waals surface area contributed by atoms with Crippen LogP contribution in [0.3, 0.4) is 0 Å². The molecule has 1 aromatic heterocycles. The summed E-state index contributed by atoms with van der Waals surface area (Å²) in [6.07, 6.45) is 0.617. The average molecular weight is 323 g/mol. The number of amides is 1. The molecular formula is C17H13N3O4. The maximum absolute atomic E-state index is 11.0. The standard InChI is InChI=1S/C17H13N3O4/c1-24-17-9-12(3-7-16(17)20(22)23)14-5-2-11-8-13(18-10-21)4-6-15(11)19-14/h2-10H,1H3,(H,18,21). The molecule has 0 atom stereocenters. The van der Waals surface area contributed by atoms with Crippen molar-refractivity contribution in [2.45, 2.75) is 0 Å². The van der Waals surface area contributed by atoms with Gasteiger partial charge in [0.05, 0.1) is 23.2 Å². The Balaban J connectivity index is 2.04.